The molecule has 1 amide bonds. The predicted molar refractivity (Wildman–Crippen MR) is 68.7 cm³/mol. The Morgan fingerprint density at radius 1 is 1.53 bits per heavy atom. The van der Waals surface area contributed by atoms with Crippen LogP contribution in [0.4, 0.5) is 0 Å². The van der Waals surface area contributed by atoms with E-state index in [1.807, 2.05) is 4.90 Å². The van der Waals surface area contributed by atoms with E-state index in [-0.39, 0.29) is 11.9 Å². The van der Waals surface area contributed by atoms with Gasteiger partial charge in [0.1, 0.15) is 0 Å². The van der Waals surface area contributed by atoms with Crippen LogP contribution < -0.4 is 5.73 Å². The molecule has 1 saturated heterocycles. The number of nitrogens with two attached hydrogens (primary N) is 1. The lowest BCUT2D eigenvalue weighted by molar-refractivity contribution is -0.137. The molecule has 4 nitrogen and oxygen atoms in total. The maximum absolute atomic E-state index is 12.2. The summed E-state index contributed by atoms with van der Waals surface area (Å²) in [7, 11) is 1.67. The molecule has 0 aromatic rings. The molecule has 0 radical (unpaired) electrons. The van der Waals surface area contributed by atoms with Crippen molar-refractivity contribution in [2.24, 2.45) is 11.7 Å². The van der Waals surface area contributed by atoms with Gasteiger partial charge in [-0.25, -0.2) is 0 Å². The Morgan fingerprint density at radius 2 is 2.24 bits per heavy atom. The van der Waals surface area contributed by atoms with E-state index in [1.165, 1.54) is 6.42 Å². The average Bonchev–Trinajstić information content (AvgIpc) is 2.32. The number of nitrogens with zero attached hydrogens (tertiary/aromatic N) is 1. The molecule has 0 aromatic carbocycles. The molecule has 1 aliphatic rings. The Labute approximate surface area is 104 Å². The highest BCUT2D eigenvalue weighted by molar-refractivity contribution is 5.82. The van der Waals surface area contributed by atoms with Crippen molar-refractivity contribution in [3.8, 4) is 0 Å². The fraction of sp³-hybridized carbons (Fsp3) is 0.923. The van der Waals surface area contributed by atoms with Gasteiger partial charge in [-0.1, -0.05) is 6.92 Å². The second-order valence-corrected chi connectivity index (χ2v) is 5.13. The topological polar surface area (TPSA) is 55.6 Å². The summed E-state index contributed by atoms with van der Waals surface area (Å²) in [6, 6.07) is -0.0392. The number of hydrogen-bond acceptors (Lipinski definition) is 3. The monoisotopic (exact) mass is 242 g/mol. The standard InChI is InChI=1S/C13H26N2O2/c1-10-6-4-8-15(11(10)2)13(16)12(14)7-5-9-17-3/h10-12H,4-9,14H2,1-3H3. The quantitative estimate of drug-likeness (QED) is 0.741. The predicted octanol–water partition coefficient (Wildman–Crippen LogP) is 1.39. The van der Waals surface area contributed by atoms with Crippen molar-refractivity contribution in [3.05, 3.63) is 0 Å². The first-order valence-electron chi connectivity index (χ1n) is 6.63. The average molecular weight is 242 g/mol. The van der Waals surface area contributed by atoms with Gasteiger partial charge < -0.3 is 15.4 Å². The van der Waals surface area contributed by atoms with E-state index in [9.17, 15) is 4.79 Å². The summed E-state index contributed by atoms with van der Waals surface area (Å²) in [5.74, 6) is 0.694. The van der Waals surface area contributed by atoms with Gasteiger partial charge in [0.2, 0.25) is 5.91 Å². The van der Waals surface area contributed by atoms with Gasteiger partial charge in [0.15, 0.2) is 0 Å². The summed E-state index contributed by atoms with van der Waals surface area (Å²) in [6.45, 7) is 5.87. The van der Waals surface area contributed by atoms with Crippen molar-refractivity contribution in [3.63, 3.8) is 0 Å². The van der Waals surface area contributed by atoms with Crippen LogP contribution in [0.15, 0.2) is 0 Å². The molecule has 3 unspecified atom stereocenters. The van der Waals surface area contributed by atoms with E-state index in [1.54, 1.807) is 7.11 Å². The molecule has 4 heteroatoms. The highest BCUT2D eigenvalue weighted by Crippen LogP contribution is 2.23. The van der Waals surface area contributed by atoms with Crippen LogP contribution in [0.25, 0.3) is 0 Å². The fourth-order valence-electron chi connectivity index (χ4n) is 2.43. The molecule has 0 spiro atoms. The van der Waals surface area contributed by atoms with Gasteiger partial charge in [-0.3, -0.25) is 4.79 Å². The molecule has 0 bridgehead atoms. The van der Waals surface area contributed by atoms with E-state index in [0.29, 0.717) is 25.0 Å². The van der Waals surface area contributed by atoms with Gasteiger partial charge in [-0.15, -0.1) is 0 Å². The third kappa shape index (κ3) is 3.96. The van der Waals surface area contributed by atoms with E-state index in [2.05, 4.69) is 13.8 Å². The van der Waals surface area contributed by atoms with E-state index < -0.39 is 0 Å². The van der Waals surface area contributed by atoms with E-state index in [4.69, 9.17) is 10.5 Å². The summed E-state index contributed by atoms with van der Waals surface area (Å²) in [4.78, 5) is 14.2. The first-order chi connectivity index (χ1) is 8.07. The highest BCUT2D eigenvalue weighted by atomic mass is 16.5. The molecular formula is C13H26N2O2. The van der Waals surface area contributed by atoms with Gasteiger partial charge in [-0.05, 0) is 38.5 Å². The first kappa shape index (κ1) is 14.5. The third-order valence-electron chi connectivity index (χ3n) is 3.84. The minimum absolute atomic E-state index is 0.111. The highest BCUT2D eigenvalue weighted by Gasteiger charge is 2.30. The van der Waals surface area contributed by atoms with E-state index >= 15 is 0 Å². The number of amides is 1. The smallest absolute Gasteiger partial charge is 0.239 e. The second-order valence-electron chi connectivity index (χ2n) is 5.13. The molecule has 1 fully saturated rings. The first-order valence-corrected chi connectivity index (χ1v) is 6.63. The maximum atomic E-state index is 12.2. The number of rotatable bonds is 5. The molecule has 0 aliphatic carbocycles. The molecule has 3 atom stereocenters. The molecule has 2 N–H and O–H groups in total. The van der Waals surface area contributed by atoms with Gasteiger partial charge in [0.25, 0.3) is 0 Å². The van der Waals surface area contributed by atoms with Crippen LogP contribution in [0.1, 0.15) is 39.5 Å². The Kier molecular flexibility index (Phi) is 5.92. The zero-order valence-electron chi connectivity index (χ0n) is 11.3. The van der Waals surface area contributed by atoms with Crippen LogP contribution in [-0.4, -0.2) is 43.2 Å². The molecule has 1 heterocycles. The number of carbonyl (C=O) groups excluding carboxylic acids is 1. The lowest BCUT2D eigenvalue weighted by atomic mass is 9.91. The molecule has 1 rings (SSSR count). The minimum atomic E-state index is -0.363. The summed E-state index contributed by atoms with van der Waals surface area (Å²) in [5, 5.41) is 0. The number of carbonyl (C=O) groups is 1. The fourth-order valence-corrected chi connectivity index (χ4v) is 2.43. The largest absolute Gasteiger partial charge is 0.385 e. The Balaban J connectivity index is 2.44. The van der Waals surface area contributed by atoms with Crippen LogP contribution in [0.3, 0.4) is 0 Å². The maximum Gasteiger partial charge on any atom is 0.239 e. The summed E-state index contributed by atoms with van der Waals surface area (Å²) in [6.07, 6.45) is 3.87. The van der Waals surface area contributed by atoms with Crippen LogP contribution >= 0.6 is 0 Å². The SMILES string of the molecule is COCCCC(N)C(=O)N1CCCC(C)C1C. The Morgan fingerprint density at radius 3 is 2.88 bits per heavy atom. The van der Waals surface area contributed by atoms with Gasteiger partial charge in [0, 0.05) is 26.3 Å². The lowest BCUT2D eigenvalue weighted by Gasteiger charge is -2.39. The van der Waals surface area contributed by atoms with Crippen LogP contribution in [0.5, 0.6) is 0 Å². The van der Waals surface area contributed by atoms with Crippen LogP contribution in [0, 0.1) is 5.92 Å². The van der Waals surface area contributed by atoms with Crippen LogP contribution in [-0.2, 0) is 9.53 Å². The van der Waals surface area contributed by atoms with Crippen molar-refractivity contribution in [1.82, 2.24) is 4.90 Å². The number of ether oxygens (including phenoxy) is 1. The molecule has 100 valence electrons. The number of hydrogen-bond donors (Lipinski definition) is 1. The Bertz CT molecular complexity index is 246. The Hall–Kier alpha value is -0.610. The zero-order valence-corrected chi connectivity index (χ0v) is 11.3. The molecular weight excluding hydrogens is 216 g/mol. The second kappa shape index (κ2) is 6.97. The van der Waals surface area contributed by atoms with Gasteiger partial charge >= 0.3 is 0 Å². The number of piperidine rings is 1. The summed E-state index contributed by atoms with van der Waals surface area (Å²) < 4.78 is 4.98. The zero-order chi connectivity index (χ0) is 12.8. The molecule has 17 heavy (non-hydrogen) atoms. The van der Waals surface area contributed by atoms with Gasteiger partial charge in [0.05, 0.1) is 6.04 Å². The minimum Gasteiger partial charge on any atom is -0.385 e. The summed E-state index contributed by atoms with van der Waals surface area (Å²) >= 11 is 0. The van der Waals surface area contributed by atoms with Crippen LogP contribution in [0.2, 0.25) is 0 Å². The third-order valence-corrected chi connectivity index (χ3v) is 3.84. The normalized spacial score (nSPS) is 26.9. The van der Waals surface area contributed by atoms with Crippen molar-refractivity contribution < 1.29 is 9.53 Å². The molecule has 1 aliphatic heterocycles. The van der Waals surface area contributed by atoms with E-state index in [0.717, 1.165) is 19.4 Å². The van der Waals surface area contributed by atoms with Gasteiger partial charge in [-0.2, -0.15) is 0 Å². The van der Waals surface area contributed by atoms with Crippen molar-refractivity contribution in [2.75, 3.05) is 20.3 Å². The van der Waals surface area contributed by atoms with Crippen molar-refractivity contribution in [2.45, 2.75) is 51.6 Å². The summed E-state index contributed by atoms with van der Waals surface area (Å²) in [5.41, 5.74) is 5.95. The number of methoxy groups -OCH3 is 1. The molecule has 0 aromatic heterocycles. The lowest BCUT2D eigenvalue weighted by Crippen LogP contribution is -2.52. The van der Waals surface area contributed by atoms with Crippen molar-refractivity contribution >= 4 is 5.91 Å². The molecule has 0 saturated carbocycles. The van der Waals surface area contributed by atoms with Crippen molar-refractivity contribution in [1.29, 1.82) is 0 Å². The number of likely N-dealkylation sites (tertiary alicyclic amines) is 1.